The van der Waals surface area contributed by atoms with Crippen LogP contribution in [0.25, 0.3) is 5.53 Å². The fraction of sp³-hybridized carbons (Fsp3) is 0.750. The summed E-state index contributed by atoms with van der Waals surface area (Å²) in [6.45, 7) is 1.08. The topological polar surface area (TPSA) is 73.7 Å². The minimum atomic E-state index is -0.833. The first-order chi connectivity index (χ1) is 13.6. The van der Waals surface area contributed by atoms with Gasteiger partial charge in [-0.05, 0) is 56.1 Å². The third-order valence-corrected chi connectivity index (χ3v) is 5.55. The number of aliphatic carboxylic acids is 1. The Morgan fingerprint density at radius 3 is 1.75 bits per heavy atom. The Labute approximate surface area is 171 Å². The van der Waals surface area contributed by atoms with Crippen LogP contribution in [-0.2, 0) is 4.79 Å². The van der Waals surface area contributed by atoms with Gasteiger partial charge in [0, 0.05) is 19.4 Å². The smallest absolute Gasteiger partial charge is 0.300 e. The maximum atomic E-state index is 9.40. The predicted octanol–water partition coefficient (Wildman–Crippen LogP) is 7.26. The Hall–Kier alpha value is -1.67. The highest BCUT2D eigenvalue weighted by atomic mass is 16.4. The van der Waals surface area contributed by atoms with Crippen LogP contribution < -0.4 is 0 Å². The summed E-state index contributed by atoms with van der Waals surface area (Å²) in [5.41, 5.74) is 13.3. The molecule has 0 saturated heterocycles. The lowest BCUT2D eigenvalue weighted by molar-refractivity contribution is -0.134. The molecule has 0 aliphatic heterocycles. The summed E-state index contributed by atoms with van der Waals surface area (Å²) in [5.74, 6) is -0.833. The van der Waals surface area contributed by atoms with Crippen molar-refractivity contribution in [3.63, 3.8) is 0 Å². The van der Waals surface area contributed by atoms with E-state index in [2.05, 4.69) is 16.9 Å². The second-order valence-electron chi connectivity index (χ2n) is 8.14. The highest BCUT2D eigenvalue weighted by Crippen LogP contribution is 2.27. The molecular weight excluding hydrogens is 348 g/mol. The van der Waals surface area contributed by atoms with Gasteiger partial charge in [0.15, 0.2) is 0 Å². The summed E-state index contributed by atoms with van der Waals surface area (Å²) >= 11 is 0. The van der Waals surface area contributed by atoms with E-state index < -0.39 is 5.97 Å². The second-order valence-corrected chi connectivity index (χ2v) is 8.14. The monoisotopic (exact) mass is 388 g/mol. The van der Waals surface area contributed by atoms with Crippen molar-refractivity contribution >= 4 is 11.7 Å². The van der Waals surface area contributed by atoms with Gasteiger partial charge in [-0.15, -0.1) is 0 Å². The Kier molecular flexibility index (Phi) is 14.2. The van der Waals surface area contributed by atoms with Crippen molar-refractivity contribution in [1.82, 2.24) is 0 Å². The average Bonchev–Trinajstić information content (AvgIpc) is 2.76. The molecule has 1 N–H and O–H groups in total. The molecule has 0 amide bonds. The SMILES string of the molecule is CC(=O)O.[N-]=[N+]=C1/C=C(/C2=CCCCCCCCCC2)CCCCCCCC1. The Bertz CT molecular complexity index is 553. The molecule has 0 saturated carbocycles. The molecular formula is C24H40N2O2. The van der Waals surface area contributed by atoms with Gasteiger partial charge in [-0.3, -0.25) is 4.79 Å². The first-order valence-corrected chi connectivity index (χ1v) is 11.4. The van der Waals surface area contributed by atoms with Crippen molar-refractivity contribution in [2.24, 2.45) is 0 Å². The largest absolute Gasteiger partial charge is 0.481 e. The van der Waals surface area contributed by atoms with Crippen LogP contribution in [0.3, 0.4) is 0 Å². The molecule has 0 radical (unpaired) electrons. The minimum Gasteiger partial charge on any atom is -0.481 e. The first-order valence-electron chi connectivity index (χ1n) is 11.4. The number of carboxylic acid groups (broad SMARTS) is 1. The summed E-state index contributed by atoms with van der Waals surface area (Å²) in [6.07, 6.45) is 26.6. The summed E-state index contributed by atoms with van der Waals surface area (Å²) in [4.78, 5) is 12.6. The van der Waals surface area contributed by atoms with Crippen LogP contribution in [0.1, 0.15) is 116 Å². The van der Waals surface area contributed by atoms with E-state index in [1.165, 1.54) is 95.5 Å². The summed E-state index contributed by atoms with van der Waals surface area (Å²) in [7, 11) is 0. The maximum Gasteiger partial charge on any atom is 0.300 e. The second kappa shape index (κ2) is 16.3. The number of nitrogens with zero attached hydrogens (tertiary/aromatic N) is 2. The standard InChI is InChI=1S/C22H36N2.C2H4O2/c23-24-22-18-14-10-6-5-9-13-17-21(19-22)20-15-11-7-3-1-2-4-8-12-16-20;1-2(3)4/h15,19H,1-14,16-18H2;1H3,(H,3,4)/b20-15?,21-19+;. The van der Waals surface area contributed by atoms with E-state index in [1.807, 2.05) is 0 Å². The van der Waals surface area contributed by atoms with Crippen LogP contribution in [0.15, 0.2) is 23.3 Å². The zero-order chi connectivity index (χ0) is 20.5. The zero-order valence-corrected chi connectivity index (χ0v) is 17.9. The molecule has 2 aliphatic carbocycles. The summed E-state index contributed by atoms with van der Waals surface area (Å²) in [5, 5.41) is 7.42. The maximum absolute atomic E-state index is 9.40. The van der Waals surface area contributed by atoms with Crippen LogP contribution in [0, 0.1) is 0 Å². The van der Waals surface area contributed by atoms with Gasteiger partial charge in [0.05, 0.1) is 0 Å². The van der Waals surface area contributed by atoms with Gasteiger partial charge in [-0.1, -0.05) is 63.9 Å². The van der Waals surface area contributed by atoms with E-state index >= 15 is 0 Å². The van der Waals surface area contributed by atoms with Gasteiger partial charge in [-0.25, -0.2) is 0 Å². The molecule has 2 rings (SSSR count). The van der Waals surface area contributed by atoms with Crippen LogP contribution in [0.5, 0.6) is 0 Å². The molecule has 4 nitrogen and oxygen atoms in total. The Morgan fingerprint density at radius 1 is 0.786 bits per heavy atom. The molecule has 0 aromatic rings. The predicted molar refractivity (Wildman–Crippen MR) is 117 cm³/mol. The van der Waals surface area contributed by atoms with E-state index in [9.17, 15) is 5.53 Å². The highest BCUT2D eigenvalue weighted by molar-refractivity contribution is 5.91. The summed E-state index contributed by atoms with van der Waals surface area (Å²) in [6, 6.07) is 0. The van der Waals surface area contributed by atoms with Gasteiger partial charge in [0.2, 0.25) is 0 Å². The lowest BCUT2D eigenvalue weighted by Crippen LogP contribution is -2.00. The number of hydrogen-bond donors (Lipinski definition) is 1. The lowest BCUT2D eigenvalue weighted by Gasteiger charge is -2.12. The van der Waals surface area contributed by atoms with Gasteiger partial charge in [0.25, 0.3) is 11.7 Å². The van der Waals surface area contributed by atoms with Crippen molar-refractivity contribution in [3.05, 3.63) is 28.8 Å². The number of carbonyl (C=O) groups is 1. The van der Waals surface area contributed by atoms with Gasteiger partial charge >= 0.3 is 0 Å². The molecule has 0 heterocycles. The van der Waals surface area contributed by atoms with Crippen LogP contribution in [0.2, 0.25) is 0 Å². The van der Waals surface area contributed by atoms with Crippen LogP contribution in [0.4, 0.5) is 0 Å². The Morgan fingerprint density at radius 2 is 1.21 bits per heavy atom. The van der Waals surface area contributed by atoms with Crippen molar-refractivity contribution < 1.29 is 14.7 Å². The number of carboxylic acids is 1. The number of rotatable bonds is 1. The molecule has 158 valence electrons. The molecule has 28 heavy (non-hydrogen) atoms. The highest BCUT2D eigenvalue weighted by Gasteiger charge is 2.13. The van der Waals surface area contributed by atoms with Gasteiger partial charge in [-0.2, -0.15) is 4.79 Å². The average molecular weight is 389 g/mol. The first kappa shape index (κ1) is 24.4. The van der Waals surface area contributed by atoms with E-state index in [1.54, 1.807) is 5.57 Å². The van der Waals surface area contributed by atoms with E-state index in [4.69, 9.17) is 9.90 Å². The molecule has 2 aliphatic rings. The van der Waals surface area contributed by atoms with Crippen molar-refractivity contribution in [2.45, 2.75) is 116 Å². The molecule has 0 bridgehead atoms. The van der Waals surface area contributed by atoms with E-state index in [0.717, 1.165) is 31.9 Å². The minimum absolute atomic E-state index is 0.833. The van der Waals surface area contributed by atoms with Gasteiger partial charge in [0.1, 0.15) is 0 Å². The fourth-order valence-electron chi connectivity index (χ4n) is 4.02. The number of allylic oxidation sites excluding steroid dienone is 4. The van der Waals surface area contributed by atoms with Crippen LogP contribution in [-0.4, -0.2) is 21.6 Å². The van der Waals surface area contributed by atoms with Crippen molar-refractivity contribution in [2.75, 3.05) is 0 Å². The number of hydrogen-bond acceptors (Lipinski definition) is 1. The van der Waals surface area contributed by atoms with E-state index in [0.29, 0.717) is 0 Å². The lowest BCUT2D eigenvalue weighted by atomic mass is 9.92. The van der Waals surface area contributed by atoms with Crippen molar-refractivity contribution in [3.8, 4) is 0 Å². The van der Waals surface area contributed by atoms with Crippen molar-refractivity contribution in [1.29, 1.82) is 0 Å². The molecule has 0 fully saturated rings. The molecule has 4 heteroatoms. The Balaban J connectivity index is 0.000000892. The fourth-order valence-corrected chi connectivity index (χ4v) is 4.02. The molecule has 0 unspecified atom stereocenters. The quantitative estimate of drug-likeness (QED) is 0.379. The molecule has 0 atom stereocenters. The van der Waals surface area contributed by atoms with Crippen LogP contribution >= 0.6 is 0 Å². The van der Waals surface area contributed by atoms with E-state index in [-0.39, 0.29) is 0 Å². The summed E-state index contributed by atoms with van der Waals surface area (Å²) < 4.78 is 0. The molecule has 0 aromatic heterocycles. The van der Waals surface area contributed by atoms with Gasteiger partial charge < -0.3 is 10.6 Å². The third-order valence-electron chi connectivity index (χ3n) is 5.55. The normalized spacial score (nSPS) is 22.5. The third kappa shape index (κ3) is 12.7. The zero-order valence-electron chi connectivity index (χ0n) is 17.9. The molecule has 0 aromatic carbocycles. The molecule has 0 spiro atoms.